The van der Waals surface area contributed by atoms with E-state index in [9.17, 15) is 0 Å². The van der Waals surface area contributed by atoms with Crippen LogP contribution >= 0.6 is 0 Å². The number of rotatable bonds is 0. The Balaban J connectivity index is 2.03. The summed E-state index contributed by atoms with van der Waals surface area (Å²) >= 11 is 0. The van der Waals surface area contributed by atoms with E-state index in [-0.39, 0.29) is 5.72 Å². The molecule has 0 aromatic rings. The fraction of sp³-hybridized carbons (Fsp3) is 1.00. The van der Waals surface area contributed by atoms with Crippen LogP contribution in [0.15, 0.2) is 0 Å². The second-order valence-corrected chi connectivity index (χ2v) is 4.68. The highest BCUT2D eigenvalue weighted by molar-refractivity contribution is 5.20. The molecule has 0 spiro atoms. The van der Waals surface area contributed by atoms with Crippen molar-refractivity contribution in [2.24, 2.45) is 23.0 Å². The summed E-state index contributed by atoms with van der Waals surface area (Å²) in [4.78, 5) is 0. The largest absolute Gasteiger partial charge is 0.360 e. The molecule has 0 radical (unpaired) electrons. The zero-order valence-corrected chi connectivity index (χ0v) is 6.97. The Bertz CT molecular complexity index is 218. The Kier molecular flexibility index (Phi) is 0.879. The summed E-state index contributed by atoms with van der Waals surface area (Å²) in [5.74, 6) is 1.56. The Labute approximate surface area is 67.1 Å². The minimum atomic E-state index is -0.225. The first-order valence-electron chi connectivity index (χ1n) is 4.60. The van der Waals surface area contributed by atoms with Crippen molar-refractivity contribution in [2.45, 2.75) is 31.9 Å². The average molecular weight is 153 g/mol. The van der Waals surface area contributed by atoms with Crippen LogP contribution in [0, 0.1) is 17.3 Å². The Morgan fingerprint density at radius 3 is 3.00 bits per heavy atom. The highest BCUT2D eigenvalue weighted by atomic mass is 16.5. The quantitative estimate of drug-likeness (QED) is 0.565. The lowest BCUT2D eigenvalue weighted by atomic mass is 9.88. The van der Waals surface area contributed by atoms with E-state index in [2.05, 4.69) is 6.92 Å². The summed E-state index contributed by atoms with van der Waals surface area (Å²) in [7, 11) is 0. The van der Waals surface area contributed by atoms with E-state index in [0.29, 0.717) is 11.3 Å². The van der Waals surface area contributed by atoms with Gasteiger partial charge in [0.05, 0.1) is 0 Å². The number of fused-ring (bicyclic) bond motifs is 3. The molecule has 0 amide bonds. The van der Waals surface area contributed by atoms with Crippen LogP contribution in [0.2, 0.25) is 0 Å². The number of hydrogen-bond donors (Lipinski definition) is 1. The van der Waals surface area contributed by atoms with Gasteiger partial charge in [0.25, 0.3) is 0 Å². The van der Waals surface area contributed by atoms with Crippen molar-refractivity contribution in [3.05, 3.63) is 0 Å². The molecule has 2 nitrogen and oxygen atoms in total. The van der Waals surface area contributed by atoms with Gasteiger partial charge in [-0.1, -0.05) is 6.92 Å². The lowest BCUT2D eigenvalue weighted by Crippen LogP contribution is -2.49. The van der Waals surface area contributed by atoms with Gasteiger partial charge < -0.3 is 10.5 Å². The number of hydrogen-bond acceptors (Lipinski definition) is 2. The SMILES string of the molecule is C[C@]12C[C@H]1CC1CCO[C@@]12N. The third-order valence-corrected chi connectivity index (χ3v) is 4.29. The first kappa shape index (κ1) is 6.44. The molecule has 2 N–H and O–H groups in total. The number of ether oxygens (including phenoxy) is 1. The molecule has 0 aromatic carbocycles. The van der Waals surface area contributed by atoms with Gasteiger partial charge in [-0.2, -0.15) is 0 Å². The predicted octanol–water partition coefficient (Wildman–Crippen LogP) is 1.11. The Morgan fingerprint density at radius 2 is 2.27 bits per heavy atom. The van der Waals surface area contributed by atoms with Gasteiger partial charge in [-0.15, -0.1) is 0 Å². The van der Waals surface area contributed by atoms with Gasteiger partial charge in [0.15, 0.2) is 0 Å². The standard InChI is InChI=1S/C9H15NO/c1-8-5-7(8)4-6-2-3-11-9(6,8)10/h6-7H,2-5,10H2,1H3/t6?,7-,8+,9+/m1/s1. The van der Waals surface area contributed by atoms with Crippen LogP contribution < -0.4 is 5.73 Å². The van der Waals surface area contributed by atoms with E-state index < -0.39 is 0 Å². The van der Waals surface area contributed by atoms with Crippen molar-refractivity contribution in [1.29, 1.82) is 0 Å². The highest BCUT2D eigenvalue weighted by Gasteiger charge is 2.72. The highest BCUT2D eigenvalue weighted by Crippen LogP contribution is 2.71. The minimum absolute atomic E-state index is 0.225. The molecule has 2 saturated carbocycles. The first-order valence-corrected chi connectivity index (χ1v) is 4.60. The topological polar surface area (TPSA) is 35.2 Å². The normalized spacial score (nSPS) is 66.0. The summed E-state index contributed by atoms with van der Waals surface area (Å²) in [5.41, 5.74) is 6.39. The van der Waals surface area contributed by atoms with E-state index in [1.54, 1.807) is 0 Å². The Hall–Kier alpha value is -0.0800. The molecular weight excluding hydrogens is 138 g/mol. The molecule has 2 heteroatoms. The molecular formula is C9H15NO. The van der Waals surface area contributed by atoms with Crippen LogP contribution in [-0.4, -0.2) is 12.3 Å². The van der Waals surface area contributed by atoms with Crippen LogP contribution in [0.1, 0.15) is 26.2 Å². The van der Waals surface area contributed by atoms with Crippen LogP contribution in [0.25, 0.3) is 0 Å². The van der Waals surface area contributed by atoms with Crippen molar-refractivity contribution in [3.63, 3.8) is 0 Å². The van der Waals surface area contributed by atoms with E-state index in [0.717, 1.165) is 12.5 Å². The fourth-order valence-corrected chi connectivity index (χ4v) is 3.24. The zero-order chi connectivity index (χ0) is 7.69. The minimum Gasteiger partial charge on any atom is -0.360 e. The molecule has 3 aliphatic rings. The van der Waals surface area contributed by atoms with Crippen molar-refractivity contribution >= 4 is 0 Å². The molecule has 1 heterocycles. The molecule has 2 aliphatic carbocycles. The maximum Gasteiger partial charge on any atom is 0.125 e. The van der Waals surface area contributed by atoms with E-state index >= 15 is 0 Å². The maximum atomic E-state index is 6.26. The van der Waals surface area contributed by atoms with Crippen LogP contribution in [0.3, 0.4) is 0 Å². The predicted molar refractivity (Wildman–Crippen MR) is 41.8 cm³/mol. The smallest absolute Gasteiger partial charge is 0.125 e. The van der Waals surface area contributed by atoms with Gasteiger partial charge in [0.2, 0.25) is 0 Å². The summed E-state index contributed by atoms with van der Waals surface area (Å²) in [6, 6.07) is 0. The number of nitrogens with two attached hydrogens (primary N) is 1. The van der Waals surface area contributed by atoms with E-state index in [1.165, 1.54) is 19.3 Å². The van der Waals surface area contributed by atoms with Gasteiger partial charge in [-0.25, -0.2) is 0 Å². The lowest BCUT2D eigenvalue weighted by molar-refractivity contribution is -0.0552. The third-order valence-electron chi connectivity index (χ3n) is 4.29. The second-order valence-electron chi connectivity index (χ2n) is 4.68. The molecule has 0 bridgehead atoms. The summed E-state index contributed by atoms with van der Waals surface area (Å²) in [6.45, 7) is 3.19. The van der Waals surface area contributed by atoms with Crippen molar-refractivity contribution in [1.82, 2.24) is 0 Å². The fourth-order valence-electron chi connectivity index (χ4n) is 3.24. The van der Waals surface area contributed by atoms with E-state index in [1.807, 2.05) is 0 Å². The van der Waals surface area contributed by atoms with Crippen LogP contribution in [0.5, 0.6) is 0 Å². The maximum absolute atomic E-state index is 6.26. The first-order chi connectivity index (χ1) is 5.17. The average Bonchev–Trinajstić information content (AvgIpc) is 2.33. The zero-order valence-electron chi connectivity index (χ0n) is 6.97. The van der Waals surface area contributed by atoms with Gasteiger partial charge in [0.1, 0.15) is 5.72 Å². The molecule has 0 aromatic heterocycles. The van der Waals surface area contributed by atoms with Crippen molar-refractivity contribution < 1.29 is 4.74 Å². The summed E-state index contributed by atoms with van der Waals surface area (Å²) < 4.78 is 5.70. The van der Waals surface area contributed by atoms with Crippen molar-refractivity contribution in [2.75, 3.05) is 6.61 Å². The monoisotopic (exact) mass is 153 g/mol. The van der Waals surface area contributed by atoms with Gasteiger partial charge in [0, 0.05) is 17.9 Å². The Morgan fingerprint density at radius 1 is 1.45 bits per heavy atom. The van der Waals surface area contributed by atoms with Crippen LogP contribution in [0.4, 0.5) is 0 Å². The lowest BCUT2D eigenvalue weighted by Gasteiger charge is -2.31. The van der Waals surface area contributed by atoms with Gasteiger partial charge >= 0.3 is 0 Å². The molecule has 3 fully saturated rings. The molecule has 1 unspecified atom stereocenters. The molecule has 1 aliphatic heterocycles. The molecule has 62 valence electrons. The summed E-state index contributed by atoms with van der Waals surface area (Å²) in [6.07, 6.45) is 3.83. The molecule has 4 atom stereocenters. The molecule has 3 rings (SSSR count). The van der Waals surface area contributed by atoms with Gasteiger partial charge in [-0.05, 0) is 25.2 Å². The summed E-state index contributed by atoms with van der Waals surface area (Å²) in [5, 5.41) is 0. The molecule has 11 heavy (non-hydrogen) atoms. The van der Waals surface area contributed by atoms with E-state index in [4.69, 9.17) is 10.5 Å². The molecule has 1 saturated heterocycles. The van der Waals surface area contributed by atoms with Crippen LogP contribution in [-0.2, 0) is 4.74 Å². The second kappa shape index (κ2) is 1.50. The van der Waals surface area contributed by atoms with Gasteiger partial charge in [-0.3, -0.25) is 0 Å². The third kappa shape index (κ3) is 0.510. The van der Waals surface area contributed by atoms with Crippen molar-refractivity contribution in [3.8, 4) is 0 Å².